The van der Waals surface area contributed by atoms with Gasteiger partial charge in [0.1, 0.15) is 17.1 Å². The molecule has 0 radical (unpaired) electrons. The van der Waals surface area contributed by atoms with Gasteiger partial charge in [-0.15, -0.1) is 0 Å². The van der Waals surface area contributed by atoms with Crippen molar-refractivity contribution in [3.63, 3.8) is 0 Å². The highest BCUT2D eigenvalue weighted by Gasteiger charge is 2.42. The van der Waals surface area contributed by atoms with Crippen molar-refractivity contribution < 1.29 is 19.4 Å². The van der Waals surface area contributed by atoms with Gasteiger partial charge in [-0.1, -0.05) is 31.5 Å². The van der Waals surface area contributed by atoms with Gasteiger partial charge in [0.15, 0.2) is 11.5 Å². The normalized spacial score (nSPS) is 14.7. The van der Waals surface area contributed by atoms with Crippen LogP contribution in [-0.2, 0) is 6.54 Å². The highest BCUT2D eigenvalue weighted by Crippen LogP contribution is 2.46. The molecule has 0 unspecified atom stereocenters. The van der Waals surface area contributed by atoms with Crippen LogP contribution in [0, 0.1) is 0 Å². The second-order valence-electron chi connectivity index (χ2n) is 8.68. The highest BCUT2D eigenvalue weighted by atomic mass is 16.5. The summed E-state index contributed by atoms with van der Waals surface area (Å²) < 4.78 is 11.6. The summed E-state index contributed by atoms with van der Waals surface area (Å²) in [6, 6.07) is 16.1. The number of H-pyrrole nitrogens is 1. The number of fused-ring (bicyclic) bond motifs is 1. The first kappa shape index (κ1) is 23.4. The highest BCUT2D eigenvalue weighted by molar-refractivity contribution is 6.00. The number of aromatic amines is 1. The zero-order valence-electron chi connectivity index (χ0n) is 20.3. The fraction of sp³-hybridized carbons (Fsp3) is 0.250. The van der Waals surface area contributed by atoms with E-state index < -0.39 is 6.04 Å². The van der Waals surface area contributed by atoms with Gasteiger partial charge >= 0.3 is 0 Å². The van der Waals surface area contributed by atoms with Crippen molar-refractivity contribution in [3.8, 4) is 28.5 Å². The number of para-hydroxylation sites is 1. The third kappa shape index (κ3) is 4.26. The number of aromatic nitrogens is 3. The van der Waals surface area contributed by atoms with E-state index in [2.05, 4.69) is 22.1 Å². The number of hydrogen-bond donors (Lipinski definition) is 2. The largest absolute Gasteiger partial charge is 0.507 e. The molecule has 8 heteroatoms. The first-order valence-corrected chi connectivity index (χ1v) is 12.0. The number of ether oxygens (including phenoxy) is 2. The number of pyridine rings is 1. The first-order chi connectivity index (χ1) is 17.6. The van der Waals surface area contributed by atoms with Crippen molar-refractivity contribution in [2.45, 2.75) is 32.4 Å². The number of benzene rings is 2. The lowest BCUT2D eigenvalue weighted by molar-refractivity contribution is 0.0730. The molecule has 184 valence electrons. The van der Waals surface area contributed by atoms with Gasteiger partial charge in [-0.2, -0.15) is 5.10 Å². The minimum atomic E-state index is -0.451. The van der Waals surface area contributed by atoms with Crippen molar-refractivity contribution in [1.29, 1.82) is 0 Å². The average molecular weight is 485 g/mol. The lowest BCUT2D eigenvalue weighted by Crippen LogP contribution is -2.29. The standard InChI is InChI=1S/C28H28N4O4/c1-3-4-15-36-22-10-9-19(16-23(22)35-2)27-24-25(20-7-5-6-8-21(20)33)30-31-26(24)28(34)32(27)17-18-11-13-29-14-12-18/h5-14,16,27,33H,3-4,15,17H2,1-2H3,(H,30,31)/t27-/m0/s1. The number of aromatic hydroxyl groups is 1. The van der Waals surface area contributed by atoms with Gasteiger partial charge in [0.05, 0.1) is 19.8 Å². The number of unbranched alkanes of at least 4 members (excludes halogenated alkanes) is 1. The minimum Gasteiger partial charge on any atom is -0.507 e. The molecule has 0 saturated carbocycles. The number of amides is 1. The maximum absolute atomic E-state index is 13.6. The molecule has 2 aromatic carbocycles. The number of phenolic OH excluding ortho intramolecular Hbond substituents is 1. The summed E-state index contributed by atoms with van der Waals surface area (Å²) in [6.07, 6.45) is 5.41. The predicted molar refractivity (Wildman–Crippen MR) is 135 cm³/mol. The molecule has 0 fully saturated rings. The van der Waals surface area contributed by atoms with Gasteiger partial charge in [0.2, 0.25) is 0 Å². The fourth-order valence-corrected chi connectivity index (χ4v) is 4.57. The molecule has 3 heterocycles. The molecule has 0 spiro atoms. The Kier molecular flexibility index (Phi) is 6.58. The number of carbonyl (C=O) groups excluding carboxylic acids is 1. The topological polar surface area (TPSA) is 101 Å². The summed E-state index contributed by atoms with van der Waals surface area (Å²) in [5, 5.41) is 17.9. The molecule has 4 aromatic rings. The van der Waals surface area contributed by atoms with Gasteiger partial charge in [-0.05, 0) is 53.9 Å². The molecule has 1 aliphatic heterocycles. The summed E-state index contributed by atoms with van der Waals surface area (Å²) in [5.74, 6) is 1.19. The smallest absolute Gasteiger partial charge is 0.273 e. The van der Waals surface area contributed by atoms with E-state index in [0.717, 1.165) is 29.5 Å². The van der Waals surface area contributed by atoms with Crippen LogP contribution in [0.15, 0.2) is 67.0 Å². The van der Waals surface area contributed by atoms with Crippen molar-refractivity contribution >= 4 is 5.91 Å². The number of phenols is 1. The van der Waals surface area contributed by atoms with E-state index in [1.54, 1.807) is 42.6 Å². The van der Waals surface area contributed by atoms with Gasteiger partial charge < -0.3 is 19.5 Å². The maximum atomic E-state index is 13.6. The van der Waals surface area contributed by atoms with Crippen molar-refractivity contribution in [2.75, 3.05) is 13.7 Å². The van der Waals surface area contributed by atoms with Crippen LogP contribution in [0.5, 0.6) is 17.2 Å². The molecular weight excluding hydrogens is 456 g/mol. The van der Waals surface area contributed by atoms with E-state index >= 15 is 0 Å². The SMILES string of the molecule is CCCCOc1ccc([C@H]2c3c(-c4ccccc4O)n[nH]c3C(=O)N2Cc2ccncc2)cc1OC. The van der Waals surface area contributed by atoms with Gasteiger partial charge in [0.25, 0.3) is 5.91 Å². The number of nitrogens with one attached hydrogen (secondary N) is 1. The molecule has 2 N–H and O–H groups in total. The summed E-state index contributed by atoms with van der Waals surface area (Å²) in [6.45, 7) is 3.10. The van der Waals surface area contributed by atoms with Crippen LogP contribution in [-0.4, -0.2) is 44.8 Å². The Morgan fingerprint density at radius 3 is 2.64 bits per heavy atom. The Bertz CT molecular complexity index is 1370. The molecule has 1 atom stereocenters. The average Bonchev–Trinajstić information content (AvgIpc) is 3.44. The number of hydrogen-bond acceptors (Lipinski definition) is 6. The second kappa shape index (κ2) is 10.1. The van der Waals surface area contributed by atoms with Crippen LogP contribution in [0.3, 0.4) is 0 Å². The van der Waals surface area contributed by atoms with Crippen molar-refractivity contribution in [3.05, 3.63) is 89.4 Å². The Morgan fingerprint density at radius 2 is 1.89 bits per heavy atom. The first-order valence-electron chi connectivity index (χ1n) is 12.0. The molecule has 5 rings (SSSR count). The van der Waals surface area contributed by atoms with Gasteiger partial charge in [-0.25, -0.2) is 0 Å². The Hall–Kier alpha value is -4.33. The number of carbonyl (C=O) groups is 1. The third-order valence-electron chi connectivity index (χ3n) is 6.38. The summed E-state index contributed by atoms with van der Waals surface area (Å²) >= 11 is 0. The zero-order chi connectivity index (χ0) is 25.1. The maximum Gasteiger partial charge on any atom is 0.273 e. The quantitative estimate of drug-likeness (QED) is 0.320. The molecule has 0 bridgehead atoms. The number of methoxy groups -OCH3 is 1. The van der Waals surface area contributed by atoms with E-state index in [-0.39, 0.29) is 11.7 Å². The van der Waals surface area contributed by atoms with Gasteiger partial charge in [0, 0.05) is 30.1 Å². The van der Waals surface area contributed by atoms with Gasteiger partial charge in [-0.3, -0.25) is 14.9 Å². The fourth-order valence-electron chi connectivity index (χ4n) is 4.57. The van der Waals surface area contributed by atoms with Crippen molar-refractivity contribution in [2.24, 2.45) is 0 Å². The van der Waals surface area contributed by atoms with E-state index in [1.165, 1.54) is 0 Å². The monoisotopic (exact) mass is 484 g/mol. The zero-order valence-corrected chi connectivity index (χ0v) is 20.3. The number of rotatable bonds is 9. The Labute approximate surface area is 209 Å². The lowest BCUT2D eigenvalue weighted by atomic mass is 9.95. The molecule has 0 saturated heterocycles. The van der Waals surface area contributed by atoms with E-state index in [1.807, 2.05) is 36.4 Å². The molecular formula is C28H28N4O4. The van der Waals surface area contributed by atoms with Crippen LogP contribution in [0.1, 0.15) is 53.0 Å². The third-order valence-corrected chi connectivity index (χ3v) is 6.38. The Balaban J connectivity index is 1.62. The Morgan fingerprint density at radius 1 is 1.08 bits per heavy atom. The molecule has 0 aliphatic carbocycles. The van der Waals surface area contributed by atoms with Crippen LogP contribution in [0.4, 0.5) is 0 Å². The van der Waals surface area contributed by atoms with E-state index in [4.69, 9.17) is 9.47 Å². The van der Waals surface area contributed by atoms with Crippen molar-refractivity contribution in [1.82, 2.24) is 20.1 Å². The van der Waals surface area contributed by atoms with Crippen LogP contribution >= 0.6 is 0 Å². The molecule has 36 heavy (non-hydrogen) atoms. The van der Waals surface area contributed by atoms with Crippen LogP contribution < -0.4 is 9.47 Å². The van der Waals surface area contributed by atoms with Crippen LogP contribution in [0.2, 0.25) is 0 Å². The van der Waals surface area contributed by atoms with E-state index in [9.17, 15) is 9.90 Å². The second-order valence-corrected chi connectivity index (χ2v) is 8.68. The van der Waals surface area contributed by atoms with E-state index in [0.29, 0.717) is 41.6 Å². The van der Waals surface area contributed by atoms with Crippen LogP contribution in [0.25, 0.3) is 11.3 Å². The predicted octanol–water partition coefficient (Wildman–Crippen LogP) is 5.11. The molecule has 8 nitrogen and oxygen atoms in total. The number of nitrogens with zero attached hydrogens (tertiary/aromatic N) is 3. The molecule has 1 aliphatic rings. The molecule has 2 aromatic heterocycles. The lowest BCUT2D eigenvalue weighted by Gasteiger charge is -2.27. The molecule has 1 amide bonds. The minimum absolute atomic E-state index is 0.0998. The summed E-state index contributed by atoms with van der Waals surface area (Å²) in [7, 11) is 1.61. The summed E-state index contributed by atoms with van der Waals surface area (Å²) in [4.78, 5) is 19.5. The summed E-state index contributed by atoms with van der Waals surface area (Å²) in [5.41, 5.74) is 4.05.